The minimum Gasteiger partial charge on any atom is -0.506 e. The third-order valence-electron chi connectivity index (χ3n) is 2.88. The van der Waals surface area contributed by atoms with Gasteiger partial charge in [-0.1, -0.05) is 23.7 Å². The molecule has 0 radical (unpaired) electrons. The van der Waals surface area contributed by atoms with Gasteiger partial charge in [0.15, 0.2) is 0 Å². The number of aryl methyl sites for hydroxylation is 1. The van der Waals surface area contributed by atoms with E-state index in [2.05, 4.69) is 5.32 Å². The highest BCUT2D eigenvalue weighted by atomic mass is 35.5. The fourth-order valence-electron chi connectivity index (χ4n) is 1.89. The monoisotopic (exact) mass is 306 g/mol. The number of phenols is 1. The molecule has 2 N–H and O–H groups in total. The Hall–Kier alpha value is -2.60. The highest BCUT2D eigenvalue weighted by Crippen LogP contribution is 2.29. The van der Waals surface area contributed by atoms with Gasteiger partial charge in [-0.15, -0.1) is 0 Å². The molecule has 0 saturated carbocycles. The lowest BCUT2D eigenvalue weighted by atomic mass is 10.1. The normalized spacial score (nSPS) is 10.2. The molecule has 0 heterocycles. The first-order chi connectivity index (χ1) is 9.90. The predicted molar refractivity (Wildman–Crippen MR) is 78.9 cm³/mol. The number of benzene rings is 2. The van der Waals surface area contributed by atoms with Crippen LogP contribution in [0.4, 0.5) is 11.4 Å². The Labute approximate surface area is 125 Å². The lowest BCUT2D eigenvalue weighted by Gasteiger charge is -2.09. The van der Waals surface area contributed by atoms with E-state index in [9.17, 15) is 20.0 Å². The number of carbonyl (C=O) groups is 1. The Morgan fingerprint density at radius 1 is 1.33 bits per heavy atom. The van der Waals surface area contributed by atoms with Crippen LogP contribution < -0.4 is 5.32 Å². The SMILES string of the molecule is Cc1cccc([N+](=O)[O-])c1C(=O)Nc1cc(Cl)ccc1O. The molecule has 2 aromatic carbocycles. The van der Waals surface area contributed by atoms with Crippen molar-refractivity contribution in [2.45, 2.75) is 6.92 Å². The number of hydrogen-bond acceptors (Lipinski definition) is 4. The lowest BCUT2D eigenvalue weighted by molar-refractivity contribution is -0.385. The van der Waals surface area contributed by atoms with E-state index in [1.54, 1.807) is 13.0 Å². The number of hydrogen-bond donors (Lipinski definition) is 2. The molecule has 21 heavy (non-hydrogen) atoms. The summed E-state index contributed by atoms with van der Waals surface area (Å²) >= 11 is 5.79. The van der Waals surface area contributed by atoms with Crippen LogP contribution in [-0.2, 0) is 0 Å². The van der Waals surface area contributed by atoms with Crippen LogP contribution in [0.5, 0.6) is 5.75 Å². The van der Waals surface area contributed by atoms with Crippen molar-refractivity contribution < 1.29 is 14.8 Å². The summed E-state index contributed by atoms with van der Waals surface area (Å²) in [5.74, 6) is -0.860. The summed E-state index contributed by atoms with van der Waals surface area (Å²) in [6, 6.07) is 8.49. The van der Waals surface area contributed by atoms with Crippen LogP contribution in [0.2, 0.25) is 5.02 Å². The van der Waals surface area contributed by atoms with Gasteiger partial charge in [-0.25, -0.2) is 0 Å². The van der Waals surface area contributed by atoms with E-state index in [1.165, 1.54) is 30.3 Å². The van der Waals surface area contributed by atoms with E-state index >= 15 is 0 Å². The Balaban J connectivity index is 2.42. The molecular weight excluding hydrogens is 296 g/mol. The van der Waals surface area contributed by atoms with Crippen molar-refractivity contribution in [3.05, 3.63) is 62.7 Å². The average Bonchev–Trinajstić information content (AvgIpc) is 2.42. The molecule has 108 valence electrons. The maximum atomic E-state index is 12.3. The second kappa shape index (κ2) is 5.80. The number of nitro groups is 1. The maximum absolute atomic E-state index is 12.3. The molecule has 0 spiro atoms. The number of rotatable bonds is 3. The lowest BCUT2D eigenvalue weighted by Crippen LogP contribution is -2.15. The van der Waals surface area contributed by atoms with Gasteiger partial charge in [0.1, 0.15) is 11.3 Å². The summed E-state index contributed by atoms with van der Waals surface area (Å²) < 4.78 is 0. The molecule has 0 bridgehead atoms. The van der Waals surface area contributed by atoms with Gasteiger partial charge < -0.3 is 10.4 Å². The third kappa shape index (κ3) is 3.11. The van der Waals surface area contributed by atoms with E-state index in [0.29, 0.717) is 10.6 Å². The van der Waals surface area contributed by atoms with Crippen molar-refractivity contribution >= 4 is 28.9 Å². The second-order valence-corrected chi connectivity index (χ2v) is 4.78. The van der Waals surface area contributed by atoms with Crippen molar-refractivity contribution in [1.29, 1.82) is 0 Å². The van der Waals surface area contributed by atoms with Gasteiger partial charge in [0.25, 0.3) is 11.6 Å². The molecule has 0 atom stereocenters. The van der Waals surface area contributed by atoms with Crippen LogP contribution in [0.1, 0.15) is 15.9 Å². The molecule has 6 nitrogen and oxygen atoms in total. The Kier molecular flexibility index (Phi) is 4.09. The zero-order chi connectivity index (χ0) is 15.6. The molecular formula is C14H11ClN2O4. The van der Waals surface area contributed by atoms with Gasteiger partial charge in [0, 0.05) is 11.1 Å². The van der Waals surface area contributed by atoms with Crippen LogP contribution in [0, 0.1) is 17.0 Å². The molecule has 0 aliphatic rings. The summed E-state index contributed by atoms with van der Waals surface area (Å²) in [4.78, 5) is 22.6. The number of nitrogens with one attached hydrogen (secondary N) is 1. The molecule has 0 fully saturated rings. The quantitative estimate of drug-likeness (QED) is 0.515. The minimum atomic E-state index is -0.683. The van der Waals surface area contributed by atoms with E-state index in [1.807, 2.05) is 0 Å². The van der Waals surface area contributed by atoms with Gasteiger partial charge in [0.2, 0.25) is 0 Å². The molecule has 0 aliphatic heterocycles. The summed E-state index contributed by atoms with van der Waals surface area (Å²) in [6.45, 7) is 1.60. The van der Waals surface area contributed by atoms with Crippen LogP contribution in [-0.4, -0.2) is 15.9 Å². The van der Waals surface area contributed by atoms with Crippen LogP contribution in [0.3, 0.4) is 0 Å². The van der Waals surface area contributed by atoms with Crippen LogP contribution >= 0.6 is 11.6 Å². The zero-order valence-electron chi connectivity index (χ0n) is 11.0. The summed E-state index contributed by atoms with van der Waals surface area (Å²) in [6.07, 6.45) is 0. The van der Waals surface area contributed by atoms with Crippen molar-refractivity contribution in [3.63, 3.8) is 0 Å². The first-order valence-electron chi connectivity index (χ1n) is 5.94. The number of aromatic hydroxyl groups is 1. The van der Waals surface area contributed by atoms with Crippen LogP contribution in [0.25, 0.3) is 0 Å². The first kappa shape index (κ1) is 14.8. The van der Waals surface area contributed by atoms with Crippen molar-refractivity contribution in [1.82, 2.24) is 0 Å². The van der Waals surface area contributed by atoms with E-state index < -0.39 is 10.8 Å². The Morgan fingerprint density at radius 2 is 2.05 bits per heavy atom. The third-order valence-corrected chi connectivity index (χ3v) is 3.12. The number of phenolic OH excluding ortho intramolecular Hbond substituents is 1. The largest absolute Gasteiger partial charge is 0.506 e. The fraction of sp³-hybridized carbons (Fsp3) is 0.0714. The number of carbonyl (C=O) groups excluding carboxylic acids is 1. The summed E-state index contributed by atoms with van der Waals surface area (Å²) in [5, 5.41) is 23.4. The number of nitrogens with zero attached hydrogens (tertiary/aromatic N) is 1. The first-order valence-corrected chi connectivity index (χ1v) is 6.32. The Bertz CT molecular complexity index is 731. The topological polar surface area (TPSA) is 92.5 Å². The molecule has 1 amide bonds. The standard InChI is InChI=1S/C14H11ClN2O4/c1-8-3-2-4-11(17(20)21)13(8)14(19)16-10-7-9(15)5-6-12(10)18/h2-7,18H,1H3,(H,16,19). The number of amides is 1. The van der Waals surface area contributed by atoms with E-state index in [-0.39, 0.29) is 22.7 Å². The highest BCUT2D eigenvalue weighted by molar-refractivity contribution is 6.31. The van der Waals surface area contributed by atoms with Crippen molar-refractivity contribution in [2.75, 3.05) is 5.32 Å². The van der Waals surface area contributed by atoms with E-state index in [4.69, 9.17) is 11.6 Å². The predicted octanol–water partition coefficient (Wildman–Crippen LogP) is 3.51. The molecule has 0 aromatic heterocycles. The van der Waals surface area contributed by atoms with Crippen molar-refractivity contribution in [3.8, 4) is 5.75 Å². The van der Waals surface area contributed by atoms with Crippen LogP contribution in [0.15, 0.2) is 36.4 Å². The van der Waals surface area contributed by atoms with Crippen molar-refractivity contribution in [2.24, 2.45) is 0 Å². The fourth-order valence-corrected chi connectivity index (χ4v) is 2.07. The maximum Gasteiger partial charge on any atom is 0.282 e. The smallest absolute Gasteiger partial charge is 0.282 e. The number of anilines is 1. The van der Waals surface area contributed by atoms with Gasteiger partial charge in [-0.3, -0.25) is 14.9 Å². The minimum absolute atomic E-state index is 0.0538. The van der Waals surface area contributed by atoms with Gasteiger partial charge in [-0.05, 0) is 30.7 Å². The molecule has 0 aliphatic carbocycles. The molecule has 7 heteroatoms. The van der Waals surface area contributed by atoms with E-state index in [0.717, 1.165) is 0 Å². The van der Waals surface area contributed by atoms with Gasteiger partial charge >= 0.3 is 0 Å². The number of halogens is 1. The van der Waals surface area contributed by atoms with Gasteiger partial charge in [0.05, 0.1) is 10.6 Å². The molecule has 2 aromatic rings. The average molecular weight is 307 g/mol. The Morgan fingerprint density at radius 3 is 2.71 bits per heavy atom. The highest BCUT2D eigenvalue weighted by Gasteiger charge is 2.22. The summed E-state index contributed by atoms with van der Waals surface area (Å²) in [7, 11) is 0. The molecule has 0 unspecified atom stereocenters. The number of nitro benzene ring substituents is 1. The molecule has 2 rings (SSSR count). The second-order valence-electron chi connectivity index (χ2n) is 4.34. The molecule has 0 saturated heterocycles. The van der Waals surface area contributed by atoms with Gasteiger partial charge in [-0.2, -0.15) is 0 Å². The summed E-state index contributed by atoms with van der Waals surface area (Å²) in [5.41, 5.74) is 0.198. The zero-order valence-corrected chi connectivity index (χ0v) is 11.7.